The van der Waals surface area contributed by atoms with E-state index in [0.29, 0.717) is 23.8 Å². The topological polar surface area (TPSA) is 52.7 Å². The average Bonchev–Trinajstić information content (AvgIpc) is 3.39. The second-order valence-electron chi connectivity index (χ2n) is 7.35. The number of hydrogen-bond donors (Lipinski definition) is 1. The summed E-state index contributed by atoms with van der Waals surface area (Å²) < 4.78 is 0. The highest BCUT2D eigenvalue weighted by molar-refractivity contribution is 5.97. The lowest BCUT2D eigenvalue weighted by atomic mass is 10.1. The van der Waals surface area contributed by atoms with Crippen molar-refractivity contribution in [3.8, 4) is 0 Å². The quantitative estimate of drug-likeness (QED) is 0.869. The van der Waals surface area contributed by atoms with Crippen molar-refractivity contribution in [2.45, 2.75) is 38.3 Å². The first-order chi connectivity index (χ1) is 13.2. The van der Waals surface area contributed by atoms with Crippen molar-refractivity contribution >= 4 is 17.6 Å². The van der Waals surface area contributed by atoms with Gasteiger partial charge in [-0.1, -0.05) is 36.4 Å². The van der Waals surface area contributed by atoms with Crippen molar-refractivity contribution in [3.05, 3.63) is 65.7 Å². The van der Waals surface area contributed by atoms with Crippen LogP contribution in [0.3, 0.4) is 0 Å². The van der Waals surface area contributed by atoms with Gasteiger partial charge in [0.25, 0.3) is 5.91 Å². The van der Waals surface area contributed by atoms with Crippen molar-refractivity contribution in [2.24, 2.45) is 0 Å². The zero-order valence-corrected chi connectivity index (χ0v) is 15.4. The van der Waals surface area contributed by atoms with Crippen LogP contribution >= 0.6 is 0 Å². The number of likely N-dealkylation sites (tertiary alicyclic amines) is 1. The fourth-order valence-corrected chi connectivity index (χ4v) is 3.56. The predicted molar refractivity (Wildman–Crippen MR) is 106 cm³/mol. The van der Waals surface area contributed by atoms with E-state index in [4.69, 9.17) is 0 Å². The Balaban J connectivity index is 1.45. The largest absolute Gasteiger partial charge is 0.339 e. The molecule has 2 aromatic carbocycles. The first-order valence-electron chi connectivity index (χ1n) is 9.71. The Kier molecular flexibility index (Phi) is 5.10. The van der Waals surface area contributed by atoms with Crippen molar-refractivity contribution in [1.29, 1.82) is 0 Å². The van der Waals surface area contributed by atoms with Crippen LogP contribution in [0.1, 0.15) is 41.6 Å². The zero-order valence-electron chi connectivity index (χ0n) is 15.4. The monoisotopic (exact) mass is 363 g/mol. The van der Waals surface area contributed by atoms with E-state index in [9.17, 15) is 9.59 Å². The summed E-state index contributed by atoms with van der Waals surface area (Å²) in [6, 6.07) is 17.5. The van der Waals surface area contributed by atoms with E-state index < -0.39 is 0 Å². The molecule has 0 radical (unpaired) electrons. The van der Waals surface area contributed by atoms with Crippen molar-refractivity contribution in [1.82, 2.24) is 9.80 Å². The Morgan fingerprint density at radius 2 is 1.74 bits per heavy atom. The smallest absolute Gasteiger partial charge is 0.322 e. The molecular formula is C22H25N3O2. The average molecular weight is 363 g/mol. The van der Waals surface area contributed by atoms with Gasteiger partial charge in [-0.2, -0.15) is 0 Å². The molecule has 1 saturated carbocycles. The van der Waals surface area contributed by atoms with E-state index in [-0.39, 0.29) is 11.9 Å². The molecule has 0 unspecified atom stereocenters. The van der Waals surface area contributed by atoms with Crippen LogP contribution in [-0.2, 0) is 6.54 Å². The molecule has 2 aliphatic rings. The molecule has 140 valence electrons. The van der Waals surface area contributed by atoms with Crippen molar-refractivity contribution in [2.75, 3.05) is 18.4 Å². The Hall–Kier alpha value is -2.82. The number of anilines is 1. The van der Waals surface area contributed by atoms with Crippen molar-refractivity contribution in [3.63, 3.8) is 0 Å². The molecule has 1 heterocycles. The van der Waals surface area contributed by atoms with Gasteiger partial charge in [-0.3, -0.25) is 4.79 Å². The molecule has 5 heteroatoms. The molecule has 1 aliphatic carbocycles. The Morgan fingerprint density at radius 3 is 2.44 bits per heavy atom. The van der Waals surface area contributed by atoms with Crippen LogP contribution in [0.25, 0.3) is 0 Å². The SMILES string of the molecule is O=C(c1cccc(NC(=O)N(Cc2ccccc2)C2CC2)c1)N1CCCC1. The first kappa shape index (κ1) is 17.6. The summed E-state index contributed by atoms with van der Waals surface area (Å²) in [7, 11) is 0. The molecule has 3 amide bonds. The molecule has 1 saturated heterocycles. The van der Waals surface area contributed by atoms with E-state index in [2.05, 4.69) is 5.32 Å². The van der Waals surface area contributed by atoms with E-state index in [1.165, 1.54) is 0 Å². The molecule has 0 bridgehead atoms. The second kappa shape index (κ2) is 7.82. The van der Waals surface area contributed by atoms with Crippen LogP contribution < -0.4 is 5.32 Å². The minimum Gasteiger partial charge on any atom is -0.339 e. The lowest BCUT2D eigenvalue weighted by molar-refractivity contribution is 0.0793. The van der Waals surface area contributed by atoms with Crippen molar-refractivity contribution < 1.29 is 9.59 Å². The van der Waals surface area contributed by atoms with Crippen LogP contribution in [0, 0.1) is 0 Å². The minimum absolute atomic E-state index is 0.0481. The predicted octanol–water partition coefficient (Wildman–Crippen LogP) is 4.12. The molecule has 0 aromatic heterocycles. The summed E-state index contributed by atoms with van der Waals surface area (Å²) in [5, 5.41) is 2.99. The summed E-state index contributed by atoms with van der Waals surface area (Å²) in [4.78, 5) is 29.2. The van der Waals surface area contributed by atoms with E-state index in [0.717, 1.165) is 44.3 Å². The Labute approximate surface area is 160 Å². The summed E-state index contributed by atoms with van der Waals surface area (Å²) in [5.41, 5.74) is 2.43. The number of carbonyl (C=O) groups excluding carboxylic acids is 2. The number of carbonyl (C=O) groups is 2. The number of nitrogens with zero attached hydrogens (tertiary/aromatic N) is 2. The molecular weight excluding hydrogens is 338 g/mol. The van der Waals surface area contributed by atoms with Crippen LogP contribution in [0.5, 0.6) is 0 Å². The molecule has 2 fully saturated rings. The van der Waals surface area contributed by atoms with Gasteiger partial charge in [0.1, 0.15) is 0 Å². The third kappa shape index (κ3) is 4.30. The van der Waals surface area contributed by atoms with Crippen LogP contribution in [0.4, 0.5) is 10.5 Å². The van der Waals surface area contributed by atoms with E-state index >= 15 is 0 Å². The zero-order chi connectivity index (χ0) is 18.6. The van der Waals surface area contributed by atoms with Gasteiger partial charge in [-0.05, 0) is 49.4 Å². The number of hydrogen-bond acceptors (Lipinski definition) is 2. The maximum Gasteiger partial charge on any atom is 0.322 e. The third-order valence-electron chi connectivity index (χ3n) is 5.20. The lowest BCUT2D eigenvalue weighted by Crippen LogP contribution is -2.36. The van der Waals surface area contributed by atoms with Gasteiger partial charge in [-0.25, -0.2) is 4.79 Å². The second-order valence-corrected chi connectivity index (χ2v) is 7.35. The fourth-order valence-electron chi connectivity index (χ4n) is 3.56. The van der Waals surface area contributed by atoms with Gasteiger partial charge in [-0.15, -0.1) is 0 Å². The number of nitrogens with one attached hydrogen (secondary N) is 1. The molecule has 27 heavy (non-hydrogen) atoms. The normalized spacial score (nSPS) is 16.2. The fraction of sp³-hybridized carbons (Fsp3) is 0.364. The van der Waals surface area contributed by atoms with Gasteiger partial charge in [0.05, 0.1) is 0 Å². The standard InChI is InChI=1S/C22H25N3O2/c26-21(24-13-4-5-14-24)18-9-6-10-19(15-18)23-22(27)25(20-11-12-20)16-17-7-2-1-3-8-17/h1-3,6-10,15,20H,4-5,11-14,16H2,(H,23,27). The minimum atomic E-state index is -0.105. The summed E-state index contributed by atoms with van der Waals surface area (Å²) in [6.07, 6.45) is 4.23. The molecule has 4 rings (SSSR count). The Bertz CT molecular complexity index is 811. The summed E-state index contributed by atoms with van der Waals surface area (Å²) in [5.74, 6) is 0.0481. The highest BCUT2D eigenvalue weighted by Crippen LogP contribution is 2.29. The van der Waals surface area contributed by atoms with Gasteiger partial charge in [0.2, 0.25) is 0 Å². The molecule has 0 atom stereocenters. The maximum atomic E-state index is 12.9. The van der Waals surface area contributed by atoms with Gasteiger partial charge in [0.15, 0.2) is 0 Å². The number of amides is 3. The summed E-state index contributed by atoms with van der Waals surface area (Å²) >= 11 is 0. The highest BCUT2D eigenvalue weighted by Gasteiger charge is 2.32. The maximum absolute atomic E-state index is 12.9. The summed E-state index contributed by atoms with van der Waals surface area (Å²) in [6.45, 7) is 2.24. The highest BCUT2D eigenvalue weighted by atomic mass is 16.2. The molecule has 5 nitrogen and oxygen atoms in total. The molecule has 1 aliphatic heterocycles. The number of benzene rings is 2. The molecule has 0 spiro atoms. The van der Waals surface area contributed by atoms with E-state index in [1.807, 2.05) is 58.3 Å². The van der Waals surface area contributed by atoms with Crippen LogP contribution in [0.15, 0.2) is 54.6 Å². The lowest BCUT2D eigenvalue weighted by Gasteiger charge is -2.23. The van der Waals surface area contributed by atoms with Crippen LogP contribution in [-0.4, -0.2) is 40.9 Å². The van der Waals surface area contributed by atoms with Gasteiger partial charge >= 0.3 is 6.03 Å². The third-order valence-corrected chi connectivity index (χ3v) is 5.20. The number of urea groups is 1. The molecule has 1 N–H and O–H groups in total. The van der Waals surface area contributed by atoms with Gasteiger partial charge < -0.3 is 15.1 Å². The first-order valence-corrected chi connectivity index (χ1v) is 9.71. The number of rotatable bonds is 5. The van der Waals surface area contributed by atoms with Gasteiger partial charge in [0, 0.05) is 36.9 Å². The van der Waals surface area contributed by atoms with E-state index in [1.54, 1.807) is 6.07 Å². The molecule has 2 aromatic rings. The van der Waals surface area contributed by atoms with Crippen LogP contribution in [0.2, 0.25) is 0 Å². The Morgan fingerprint density at radius 1 is 1.00 bits per heavy atom.